The molecule has 0 saturated heterocycles. The van der Waals surface area contributed by atoms with Crippen molar-refractivity contribution in [3.05, 3.63) is 23.4 Å². The number of aromatic nitrogens is 1. The Morgan fingerprint density at radius 3 is 1.95 bits per heavy atom. The van der Waals surface area contributed by atoms with Gasteiger partial charge in [0.15, 0.2) is 11.5 Å². The van der Waals surface area contributed by atoms with Crippen molar-refractivity contribution in [3.63, 3.8) is 0 Å². The summed E-state index contributed by atoms with van der Waals surface area (Å²) in [4.78, 5) is 4.25. The lowest BCUT2D eigenvalue weighted by molar-refractivity contribution is 0.330. The van der Waals surface area contributed by atoms with E-state index >= 15 is 0 Å². The first kappa shape index (κ1) is 13.1. The molecule has 0 radical (unpaired) electrons. The Kier molecular flexibility index (Phi) is 2.49. The van der Waals surface area contributed by atoms with Gasteiger partial charge in [-0.1, -0.05) is 0 Å². The number of benzene rings is 1. The highest BCUT2D eigenvalue weighted by Gasteiger charge is 2.37. The van der Waals surface area contributed by atoms with E-state index < -0.39 is 28.7 Å². The second-order valence-electron chi connectivity index (χ2n) is 6.02. The summed E-state index contributed by atoms with van der Waals surface area (Å²) in [6.45, 7) is 0. The first-order valence-electron chi connectivity index (χ1n) is 7.18. The van der Waals surface area contributed by atoms with E-state index in [0.717, 1.165) is 24.8 Å². The minimum atomic E-state index is -0.959. The number of nitrogens with zero attached hydrogens (tertiary/aromatic N) is 1. The summed E-state index contributed by atoms with van der Waals surface area (Å²) in [5, 5.41) is 48.7. The smallest absolute Gasteiger partial charge is 0.208 e. The zero-order valence-corrected chi connectivity index (χ0v) is 11.6. The second kappa shape index (κ2) is 4.19. The van der Waals surface area contributed by atoms with E-state index in [1.165, 1.54) is 5.56 Å². The molecular formula is C16H15NO5. The average Bonchev–Trinajstić information content (AvgIpc) is 3.13. The van der Waals surface area contributed by atoms with E-state index in [9.17, 15) is 25.5 Å². The lowest BCUT2D eigenvalue weighted by Gasteiger charge is -2.17. The number of pyridine rings is 1. The molecule has 4 rings (SSSR count). The van der Waals surface area contributed by atoms with Crippen LogP contribution in [0.3, 0.4) is 0 Å². The molecular weight excluding hydrogens is 286 g/mol. The molecule has 1 fully saturated rings. The van der Waals surface area contributed by atoms with Crippen LogP contribution in [0, 0.1) is 0 Å². The molecule has 1 saturated carbocycles. The van der Waals surface area contributed by atoms with Crippen LogP contribution in [0.2, 0.25) is 0 Å². The molecule has 2 bridgehead atoms. The van der Waals surface area contributed by atoms with Crippen molar-refractivity contribution < 1.29 is 25.5 Å². The fourth-order valence-electron chi connectivity index (χ4n) is 3.79. The summed E-state index contributed by atoms with van der Waals surface area (Å²) in [6, 6.07) is 1.78. The first-order valence-corrected chi connectivity index (χ1v) is 7.18. The van der Waals surface area contributed by atoms with Crippen LogP contribution in [0.5, 0.6) is 28.7 Å². The van der Waals surface area contributed by atoms with Crippen molar-refractivity contribution in [2.45, 2.75) is 31.1 Å². The van der Waals surface area contributed by atoms with Crippen molar-refractivity contribution in [2.75, 3.05) is 0 Å². The molecule has 2 unspecified atom stereocenters. The number of phenols is 5. The topological polar surface area (TPSA) is 114 Å². The quantitative estimate of drug-likeness (QED) is 0.409. The zero-order chi connectivity index (χ0) is 15.6. The van der Waals surface area contributed by atoms with Gasteiger partial charge >= 0.3 is 0 Å². The van der Waals surface area contributed by atoms with E-state index in [-0.39, 0.29) is 11.3 Å². The third-order valence-electron chi connectivity index (χ3n) is 4.91. The summed E-state index contributed by atoms with van der Waals surface area (Å²) in [5.74, 6) is -3.13. The van der Waals surface area contributed by atoms with Gasteiger partial charge in [0.2, 0.25) is 17.2 Å². The molecule has 0 amide bonds. The van der Waals surface area contributed by atoms with Gasteiger partial charge in [0.1, 0.15) is 0 Å². The van der Waals surface area contributed by atoms with Gasteiger partial charge in [-0.05, 0) is 48.3 Å². The Morgan fingerprint density at radius 2 is 1.32 bits per heavy atom. The van der Waals surface area contributed by atoms with Crippen molar-refractivity contribution >= 4 is 0 Å². The number of rotatable bonds is 1. The van der Waals surface area contributed by atoms with Crippen LogP contribution < -0.4 is 0 Å². The summed E-state index contributed by atoms with van der Waals surface area (Å²) >= 11 is 0. The molecule has 2 aliphatic rings. The molecule has 114 valence electrons. The maximum atomic E-state index is 10.00. The molecule has 2 aromatic rings. The maximum Gasteiger partial charge on any atom is 0.208 e. The average molecular weight is 301 g/mol. The van der Waals surface area contributed by atoms with Crippen LogP contribution in [0.4, 0.5) is 0 Å². The van der Waals surface area contributed by atoms with Gasteiger partial charge in [-0.15, -0.1) is 0 Å². The standard InChI is InChI=1S/C16H15NO5/c18-12-11(13(19)15(21)16(22)14(12)20)10-4-8-6-1-2-7(3-6)9(8)5-17-10/h4-7,18-22H,1-3H2. The second-order valence-corrected chi connectivity index (χ2v) is 6.02. The summed E-state index contributed by atoms with van der Waals surface area (Å²) in [7, 11) is 0. The van der Waals surface area contributed by atoms with Crippen LogP contribution in [0.25, 0.3) is 11.3 Å². The molecule has 0 aliphatic heterocycles. The SMILES string of the molecule is Oc1c(O)c(O)c(-c2cc3c(cn2)C2CCC3C2)c(O)c1O. The Labute approximate surface area is 125 Å². The molecule has 1 heterocycles. The molecule has 5 N–H and O–H groups in total. The van der Waals surface area contributed by atoms with Crippen molar-refractivity contribution in [1.82, 2.24) is 4.98 Å². The van der Waals surface area contributed by atoms with Crippen LogP contribution in [-0.4, -0.2) is 30.5 Å². The van der Waals surface area contributed by atoms with Crippen molar-refractivity contribution in [1.29, 1.82) is 0 Å². The Balaban J connectivity index is 1.93. The Hall–Kier alpha value is -2.63. The molecule has 1 aromatic carbocycles. The highest BCUT2D eigenvalue weighted by molar-refractivity contribution is 5.83. The summed E-state index contributed by atoms with van der Waals surface area (Å²) in [5.41, 5.74) is 2.42. The molecule has 2 aliphatic carbocycles. The lowest BCUT2D eigenvalue weighted by atomic mass is 9.92. The van der Waals surface area contributed by atoms with Gasteiger partial charge in [-0.3, -0.25) is 4.98 Å². The number of hydrogen-bond acceptors (Lipinski definition) is 6. The van der Waals surface area contributed by atoms with Crippen LogP contribution in [-0.2, 0) is 0 Å². The first-order chi connectivity index (χ1) is 10.5. The van der Waals surface area contributed by atoms with E-state index in [2.05, 4.69) is 4.98 Å². The highest BCUT2D eigenvalue weighted by Crippen LogP contribution is 2.57. The Bertz CT molecular complexity index is 773. The van der Waals surface area contributed by atoms with E-state index in [1.807, 2.05) is 0 Å². The van der Waals surface area contributed by atoms with Gasteiger partial charge < -0.3 is 25.5 Å². The zero-order valence-electron chi connectivity index (χ0n) is 11.6. The number of hydrogen-bond donors (Lipinski definition) is 5. The maximum absolute atomic E-state index is 10.00. The van der Waals surface area contributed by atoms with Gasteiger partial charge in [0, 0.05) is 6.20 Å². The summed E-state index contributed by atoms with van der Waals surface area (Å²) < 4.78 is 0. The number of phenolic OH excluding ortho intramolecular Hbond substituents is 5. The minimum absolute atomic E-state index is 0.182. The normalized spacial score (nSPS) is 22.0. The number of fused-ring (bicyclic) bond motifs is 5. The third kappa shape index (κ3) is 1.52. The molecule has 1 aromatic heterocycles. The van der Waals surface area contributed by atoms with Crippen LogP contribution in [0.15, 0.2) is 12.3 Å². The highest BCUT2D eigenvalue weighted by atomic mass is 16.4. The van der Waals surface area contributed by atoms with Gasteiger partial charge in [-0.2, -0.15) is 0 Å². The van der Waals surface area contributed by atoms with Gasteiger partial charge in [-0.25, -0.2) is 0 Å². The Morgan fingerprint density at radius 1 is 0.773 bits per heavy atom. The van der Waals surface area contributed by atoms with Gasteiger partial charge in [0.05, 0.1) is 11.3 Å². The summed E-state index contributed by atoms with van der Waals surface area (Å²) in [6.07, 6.45) is 5.11. The minimum Gasteiger partial charge on any atom is -0.504 e. The van der Waals surface area contributed by atoms with E-state index in [4.69, 9.17) is 0 Å². The van der Waals surface area contributed by atoms with Crippen molar-refractivity contribution in [2.24, 2.45) is 0 Å². The predicted octanol–water partition coefficient (Wildman–Crippen LogP) is 2.64. The van der Waals surface area contributed by atoms with Crippen molar-refractivity contribution in [3.8, 4) is 40.0 Å². The molecule has 2 atom stereocenters. The predicted molar refractivity (Wildman–Crippen MR) is 77.3 cm³/mol. The fourth-order valence-corrected chi connectivity index (χ4v) is 3.79. The molecule has 6 nitrogen and oxygen atoms in total. The lowest BCUT2D eigenvalue weighted by Crippen LogP contribution is -2.00. The van der Waals surface area contributed by atoms with Crippen LogP contribution >= 0.6 is 0 Å². The monoisotopic (exact) mass is 301 g/mol. The third-order valence-corrected chi connectivity index (χ3v) is 4.91. The molecule has 22 heavy (non-hydrogen) atoms. The van der Waals surface area contributed by atoms with E-state index in [1.54, 1.807) is 12.3 Å². The largest absolute Gasteiger partial charge is 0.504 e. The molecule has 0 spiro atoms. The van der Waals surface area contributed by atoms with Gasteiger partial charge in [0.25, 0.3) is 0 Å². The molecule has 6 heteroatoms. The van der Waals surface area contributed by atoms with E-state index in [0.29, 0.717) is 11.8 Å². The van der Waals surface area contributed by atoms with Crippen LogP contribution in [0.1, 0.15) is 42.2 Å². The number of aromatic hydroxyl groups is 5. The fraction of sp³-hybridized carbons (Fsp3) is 0.312.